The van der Waals surface area contributed by atoms with E-state index in [1.54, 1.807) is 0 Å². The van der Waals surface area contributed by atoms with Gasteiger partial charge >= 0.3 is 0 Å². The van der Waals surface area contributed by atoms with Crippen molar-refractivity contribution < 1.29 is 0 Å². The lowest BCUT2D eigenvalue weighted by Crippen LogP contribution is -2.32. The summed E-state index contributed by atoms with van der Waals surface area (Å²) >= 11 is 0. The van der Waals surface area contributed by atoms with Crippen LogP contribution in [0, 0.1) is 5.92 Å². The van der Waals surface area contributed by atoms with Crippen LogP contribution in [0.15, 0.2) is 42.5 Å². The molecule has 0 saturated carbocycles. The molecule has 1 aromatic heterocycles. The van der Waals surface area contributed by atoms with E-state index in [0.717, 1.165) is 17.8 Å². The molecule has 0 aliphatic carbocycles. The van der Waals surface area contributed by atoms with Crippen molar-refractivity contribution in [3.8, 4) is 11.3 Å². The molecule has 0 amide bonds. The number of benzene rings is 2. The van der Waals surface area contributed by atoms with E-state index in [1.165, 1.54) is 41.6 Å². The first-order valence-corrected chi connectivity index (χ1v) is 8.54. The van der Waals surface area contributed by atoms with Crippen LogP contribution >= 0.6 is 0 Å². The average molecular weight is 305 g/mol. The maximum Gasteiger partial charge on any atom is 0.0999 e. The van der Waals surface area contributed by atoms with Crippen LogP contribution in [0.2, 0.25) is 0 Å². The Morgan fingerprint density at radius 3 is 2.91 bits per heavy atom. The molecule has 2 aromatic carbocycles. The van der Waals surface area contributed by atoms with Gasteiger partial charge in [0.05, 0.1) is 11.2 Å². The van der Waals surface area contributed by atoms with Crippen molar-refractivity contribution in [2.45, 2.75) is 26.7 Å². The number of nitrogens with one attached hydrogen (secondary N) is 1. The normalized spacial score (nSPS) is 14.5. The highest BCUT2D eigenvalue weighted by atomic mass is 15.1. The van der Waals surface area contributed by atoms with Gasteiger partial charge in [-0.15, -0.1) is 0 Å². The number of fused-ring (bicyclic) bond motifs is 2. The summed E-state index contributed by atoms with van der Waals surface area (Å²) in [6.45, 7) is 6.89. The second kappa shape index (κ2) is 5.73. The van der Waals surface area contributed by atoms with Gasteiger partial charge in [-0.05, 0) is 42.5 Å². The lowest BCUT2D eigenvalue weighted by Gasteiger charge is -2.33. The third-order valence-electron chi connectivity index (χ3n) is 4.62. The molecule has 3 heteroatoms. The molecule has 1 aliphatic heterocycles. The van der Waals surface area contributed by atoms with E-state index in [1.807, 2.05) is 6.07 Å². The Hall–Kier alpha value is -2.29. The van der Waals surface area contributed by atoms with Gasteiger partial charge in [0.2, 0.25) is 0 Å². The number of aromatic amines is 1. The van der Waals surface area contributed by atoms with Crippen molar-refractivity contribution in [2.75, 3.05) is 18.0 Å². The van der Waals surface area contributed by atoms with E-state index in [4.69, 9.17) is 0 Å². The minimum atomic E-state index is 0.691. The largest absolute Gasteiger partial charge is 0.371 e. The second-order valence-electron chi connectivity index (χ2n) is 6.90. The fourth-order valence-corrected chi connectivity index (χ4v) is 3.64. The zero-order valence-electron chi connectivity index (χ0n) is 13.8. The number of para-hydroxylation sites is 1. The lowest BCUT2D eigenvalue weighted by atomic mass is 9.96. The smallest absolute Gasteiger partial charge is 0.0999 e. The summed E-state index contributed by atoms with van der Waals surface area (Å²) in [4.78, 5) is 2.54. The Balaban J connectivity index is 1.75. The summed E-state index contributed by atoms with van der Waals surface area (Å²) in [6, 6.07) is 15.2. The molecule has 0 atom stereocenters. The maximum atomic E-state index is 4.54. The molecule has 118 valence electrons. The summed E-state index contributed by atoms with van der Waals surface area (Å²) in [7, 11) is 0. The van der Waals surface area contributed by atoms with Gasteiger partial charge in [0.25, 0.3) is 0 Å². The fraction of sp³-hybridized carbons (Fsp3) is 0.350. The van der Waals surface area contributed by atoms with E-state index >= 15 is 0 Å². The van der Waals surface area contributed by atoms with E-state index < -0.39 is 0 Å². The zero-order chi connectivity index (χ0) is 15.8. The topological polar surface area (TPSA) is 31.9 Å². The highest BCUT2D eigenvalue weighted by Crippen LogP contribution is 2.33. The van der Waals surface area contributed by atoms with E-state index in [-0.39, 0.29) is 0 Å². The molecule has 0 saturated heterocycles. The summed E-state index contributed by atoms with van der Waals surface area (Å²) in [6.07, 6.45) is 2.41. The Morgan fingerprint density at radius 2 is 2.04 bits per heavy atom. The maximum absolute atomic E-state index is 4.54. The number of hydrogen-bond donors (Lipinski definition) is 1. The summed E-state index contributed by atoms with van der Waals surface area (Å²) in [5.41, 5.74) is 6.24. The molecule has 0 radical (unpaired) electrons. The van der Waals surface area contributed by atoms with Gasteiger partial charge in [-0.1, -0.05) is 38.1 Å². The third kappa shape index (κ3) is 2.61. The Kier molecular flexibility index (Phi) is 3.56. The standard InChI is InChI=1S/C20H23N3/c1-14(2)13-23-11-5-6-15-12-16(9-10-19(15)23)20-17-7-3-4-8-18(17)21-22-20/h3-4,7-10,12,14H,5-6,11,13H2,1-2H3,(H,21,22). The molecular formula is C20H23N3. The van der Waals surface area contributed by atoms with E-state index in [2.05, 4.69) is 65.3 Å². The molecule has 0 bridgehead atoms. The quantitative estimate of drug-likeness (QED) is 0.764. The minimum absolute atomic E-state index is 0.691. The predicted molar refractivity (Wildman–Crippen MR) is 96.9 cm³/mol. The first-order chi connectivity index (χ1) is 11.2. The van der Waals surface area contributed by atoms with Crippen molar-refractivity contribution in [1.29, 1.82) is 0 Å². The number of anilines is 1. The van der Waals surface area contributed by atoms with E-state index in [9.17, 15) is 0 Å². The molecule has 0 spiro atoms. The monoisotopic (exact) mass is 305 g/mol. The molecule has 0 unspecified atom stereocenters. The SMILES string of the molecule is CC(C)CN1CCCc2cc(-c3n[nH]c4ccccc34)ccc21. The van der Waals surface area contributed by atoms with Crippen LogP contribution in [0.4, 0.5) is 5.69 Å². The molecule has 2 heterocycles. The number of hydrogen-bond acceptors (Lipinski definition) is 2. The number of aryl methyl sites for hydroxylation is 1. The number of aromatic nitrogens is 2. The molecular weight excluding hydrogens is 282 g/mol. The van der Waals surface area contributed by atoms with Gasteiger partial charge in [0, 0.05) is 29.7 Å². The number of rotatable bonds is 3. The van der Waals surface area contributed by atoms with Crippen LogP contribution in [0.5, 0.6) is 0 Å². The molecule has 1 aliphatic rings. The zero-order valence-corrected chi connectivity index (χ0v) is 13.8. The molecule has 3 aromatic rings. The number of nitrogens with zero attached hydrogens (tertiary/aromatic N) is 2. The van der Waals surface area contributed by atoms with Gasteiger partial charge in [-0.3, -0.25) is 5.10 Å². The Morgan fingerprint density at radius 1 is 1.17 bits per heavy atom. The highest BCUT2D eigenvalue weighted by molar-refractivity contribution is 5.93. The molecule has 1 N–H and O–H groups in total. The van der Waals surface area contributed by atoms with Crippen molar-refractivity contribution in [3.63, 3.8) is 0 Å². The average Bonchev–Trinajstić information content (AvgIpc) is 2.98. The van der Waals surface area contributed by atoms with Crippen molar-refractivity contribution in [1.82, 2.24) is 10.2 Å². The Bertz CT molecular complexity index is 832. The lowest BCUT2D eigenvalue weighted by molar-refractivity contribution is 0.585. The van der Waals surface area contributed by atoms with Crippen LogP contribution < -0.4 is 4.90 Å². The first-order valence-electron chi connectivity index (χ1n) is 8.54. The summed E-state index contributed by atoms with van der Waals surface area (Å²) in [5.74, 6) is 0.691. The van der Waals surface area contributed by atoms with Gasteiger partial charge in [-0.25, -0.2) is 0 Å². The van der Waals surface area contributed by atoms with Crippen LogP contribution in [0.3, 0.4) is 0 Å². The molecule has 4 rings (SSSR count). The number of H-pyrrole nitrogens is 1. The fourth-order valence-electron chi connectivity index (χ4n) is 3.64. The minimum Gasteiger partial charge on any atom is -0.371 e. The second-order valence-corrected chi connectivity index (χ2v) is 6.90. The first kappa shape index (κ1) is 14.3. The predicted octanol–water partition coefficient (Wildman–Crippen LogP) is 4.64. The van der Waals surface area contributed by atoms with Crippen LogP contribution in [-0.4, -0.2) is 23.3 Å². The van der Waals surface area contributed by atoms with Crippen LogP contribution in [0.1, 0.15) is 25.8 Å². The van der Waals surface area contributed by atoms with Crippen molar-refractivity contribution in [3.05, 3.63) is 48.0 Å². The Labute approximate surface area is 137 Å². The molecule has 0 fully saturated rings. The third-order valence-corrected chi connectivity index (χ3v) is 4.62. The summed E-state index contributed by atoms with van der Waals surface area (Å²) < 4.78 is 0. The highest BCUT2D eigenvalue weighted by Gasteiger charge is 2.19. The van der Waals surface area contributed by atoms with Crippen LogP contribution in [-0.2, 0) is 6.42 Å². The van der Waals surface area contributed by atoms with Crippen molar-refractivity contribution >= 4 is 16.6 Å². The van der Waals surface area contributed by atoms with Crippen LogP contribution in [0.25, 0.3) is 22.2 Å². The molecule has 23 heavy (non-hydrogen) atoms. The van der Waals surface area contributed by atoms with Gasteiger partial charge < -0.3 is 4.90 Å². The van der Waals surface area contributed by atoms with Crippen molar-refractivity contribution in [2.24, 2.45) is 5.92 Å². The summed E-state index contributed by atoms with van der Waals surface area (Å²) in [5, 5.41) is 8.88. The molecule has 3 nitrogen and oxygen atoms in total. The van der Waals surface area contributed by atoms with E-state index in [0.29, 0.717) is 5.92 Å². The van der Waals surface area contributed by atoms with Gasteiger partial charge in [0.1, 0.15) is 0 Å². The van der Waals surface area contributed by atoms with Gasteiger partial charge in [-0.2, -0.15) is 5.10 Å². The van der Waals surface area contributed by atoms with Gasteiger partial charge in [0.15, 0.2) is 0 Å².